The van der Waals surface area contributed by atoms with E-state index >= 15 is 0 Å². The third-order valence-corrected chi connectivity index (χ3v) is 3.01. The molecular formula is C15H18FN3. The zero-order chi connectivity index (χ0) is 13.8. The van der Waals surface area contributed by atoms with Crippen molar-refractivity contribution < 1.29 is 4.39 Å². The van der Waals surface area contributed by atoms with Gasteiger partial charge in [-0.15, -0.1) is 0 Å². The van der Waals surface area contributed by atoms with E-state index < -0.39 is 0 Å². The molecule has 1 aromatic heterocycles. The fourth-order valence-electron chi connectivity index (χ4n) is 1.95. The van der Waals surface area contributed by atoms with Crippen molar-refractivity contribution in [1.29, 1.82) is 0 Å². The summed E-state index contributed by atoms with van der Waals surface area (Å²) in [4.78, 5) is 6.35. The summed E-state index contributed by atoms with van der Waals surface area (Å²) in [7, 11) is 0. The molecule has 0 fully saturated rings. The van der Waals surface area contributed by atoms with Gasteiger partial charge in [-0.3, -0.25) is 0 Å². The molecule has 0 unspecified atom stereocenters. The number of nitrogens with two attached hydrogens (primary N) is 1. The highest BCUT2D eigenvalue weighted by Gasteiger charge is 2.09. The number of hydrogen-bond donors (Lipinski definition) is 1. The summed E-state index contributed by atoms with van der Waals surface area (Å²) in [6, 6.07) is 10.3. The zero-order valence-corrected chi connectivity index (χ0v) is 11.2. The Morgan fingerprint density at radius 2 is 2.11 bits per heavy atom. The predicted molar refractivity (Wildman–Crippen MR) is 75.9 cm³/mol. The molecule has 19 heavy (non-hydrogen) atoms. The molecule has 0 aliphatic rings. The van der Waals surface area contributed by atoms with E-state index in [1.165, 1.54) is 12.1 Å². The first kappa shape index (κ1) is 13.5. The van der Waals surface area contributed by atoms with Crippen LogP contribution in [0.3, 0.4) is 0 Å². The Kier molecular flexibility index (Phi) is 4.12. The Labute approximate surface area is 112 Å². The standard InChI is InChI=1S/C15H18FN3/c1-3-19(14-6-4-5-13(16)9-14)15-8-7-12(10-18-15)11(2)17/h4-11H,3,17H2,1-2H3/t11-/m0/s1. The lowest BCUT2D eigenvalue weighted by atomic mass is 10.1. The highest BCUT2D eigenvalue weighted by atomic mass is 19.1. The van der Waals surface area contributed by atoms with Gasteiger partial charge in [-0.2, -0.15) is 0 Å². The maximum atomic E-state index is 13.3. The van der Waals surface area contributed by atoms with Crippen LogP contribution in [0.2, 0.25) is 0 Å². The van der Waals surface area contributed by atoms with E-state index in [4.69, 9.17) is 5.73 Å². The number of aromatic nitrogens is 1. The molecule has 0 aliphatic heterocycles. The molecule has 1 aromatic carbocycles. The Morgan fingerprint density at radius 1 is 1.32 bits per heavy atom. The van der Waals surface area contributed by atoms with Gasteiger partial charge in [-0.1, -0.05) is 12.1 Å². The van der Waals surface area contributed by atoms with Crippen molar-refractivity contribution in [3.63, 3.8) is 0 Å². The molecule has 1 atom stereocenters. The van der Waals surface area contributed by atoms with Crippen molar-refractivity contribution in [2.24, 2.45) is 5.73 Å². The molecule has 2 aromatic rings. The largest absolute Gasteiger partial charge is 0.327 e. The third-order valence-electron chi connectivity index (χ3n) is 3.01. The molecule has 4 heteroatoms. The normalized spacial score (nSPS) is 12.2. The lowest BCUT2D eigenvalue weighted by Gasteiger charge is -2.22. The van der Waals surface area contributed by atoms with E-state index in [-0.39, 0.29) is 11.9 Å². The van der Waals surface area contributed by atoms with Gasteiger partial charge in [0.05, 0.1) is 0 Å². The van der Waals surface area contributed by atoms with Crippen molar-refractivity contribution in [1.82, 2.24) is 4.98 Å². The van der Waals surface area contributed by atoms with Crippen LogP contribution in [0.25, 0.3) is 0 Å². The second-order valence-electron chi connectivity index (χ2n) is 4.46. The van der Waals surface area contributed by atoms with Crippen molar-refractivity contribution in [2.45, 2.75) is 19.9 Å². The minimum atomic E-state index is -0.247. The number of anilines is 2. The number of halogens is 1. The summed E-state index contributed by atoms with van der Waals surface area (Å²) < 4.78 is 13.3. The van der Waals surface area contributed by atoms with Crippen LogP contribution in [-0.4, -0.2) is 11.5 Å². The summed E-state index contributed by atoms with van der Waals surface area (Å²) in [5.41, 5.74) is 7.58. The first-order chi connectivity index (χ1) is 9.11. The highest BCUT2D eigenvalue weighted by Crippen LogP contribution is 2.24. The molecule has 100 valence electrons. The van der Waals surface area contributed by atoms with Crippen LogP contribution < -0.4 is 10.6 Å². The van der Waals surface area contributed by atoms with Gasteiger partial charge in [0, 0.05) is 24.5 Å². The van der Waals surface area contributed by atoms with Gasteiger partial charge >= 0.3 is 0 Å². The summed E-state index contributed by atoms with van der Waals surface area (Å²) in [6.07, 6.45) is 1.77. The molecule has 0 saturated heterocycles. The van der Waals surface area contributed by atoms with E-state index in [9.17, 15) is 4.39 Å². The average molecular weight is 259 g/mol. The van der Waals surface area contributed by atoms with Gasteiger partial charge in [-0.25, -0.2) is 9.37 Å². The molecule has 0 radical (unpaired) electrons. The van der Waals surface area contributed by atoms with Crippen molar-refractivity contribution in [3.05, 3.63) is 54.0 Å². The Balaban J connectivity index is 2.31. The number of pyridine rings is 1. The lowest BCUT2D eigenvalue weighted by molar-refractivity contribution is 0.627. The van der Waals surface area contributed by atoms with Crippen LogP contribution in [0.15, 0.2) is 42.6 Å². The maximum Gasteiger partial charge on any atom is 0.132 e. The summed E-state index contributed by atoms with van der Waals surface area (Å²) in [6.45, 7) is 4.64. The maximum absolute atomic E-state index is 13.3. The molecule has 1 heterocycles. The first-order valence-corrected chi connectivity index (χ1v) is 6.36. The number of rotatable bonds is 4. The molecule has 0 aliphatic carbocycles. The van der Waals surface area contributed by atoms with Gasteiger partial charge in [0.1, 0.15) is 11.6 Å². The van der Waals surface area contributed by atoms with Crippen molar-refractivity contribution >= 4 is 11.5 Å². The topological polar surface area (TPSA) is 42.1 Å². The van der Waals surface area contributed by atoms with Crippen LogP contribution >= 0.6 is 0 Å². The van der Waals surface area contributed by atoms with Gasteiger partial charge in [-0.05, 0) is 43.7 Å². The van der Waals surface area contributed by atoms with E-state index in [1.807, 2.05) is 36.9 Å². The fourth-order valence-corrected chi connectivity index (χ4v) is 1.95. The van der Waals surface area contributed by atoms with Crippen LogP contribution in [0.1, 0.15) is 25.5 Å². The lowest BCUT2D eigenvalue weighted by Crippen LogP contribution is -2.17. The number of nitrogens with zero attached hydrogens (tertiary/aromatic N) is 2. The molecule has 0 spiro atoms. The van der Waals surface area contributed by atoms with Crippen LogP contribution in [0.4, 0.5) is 15.9 Å². The Morgan fingerprint density at radius 3 is 2.63 bits per heavy atom. The molecule has 3 nitrogen and oxygen atoms in total. The number of benzene rings is 1. The molecule has 2 rings (SSSR count). The smallest absolute Gasteiger partial charge is 0.132 e. The zero-order valence-electron chi connectivity index (χ0n) is 11.2. The summed E-state index contributed by atoms with van der Waals surface area (Å²) in [5.74, 6) is 0.542. The van der Waals surface area contributed by atoms with Gasteiger partial charge in [0.2, 0.25) is 0 Å². The molecule has 0 saturated carbocycles. The van der Waals surface area contributed by atoms with E-state index in [1.54, 1.807) is 12.3 Å². The van der Waals surface area contributed by atoms with Gasteiger partial charge in [0.25, 0.3) is 0 Å². The van der Waals surface area contributed by atoms with E-state index in [0.717, 1.165) is 17.1 Å². The van der Waals surface area contributed by atoms with E-state index in [0.29, 0.717) is 6.54 Å². The second-order valence-corrected chi connectivity index (χ2v) is 4.46. The van der Waals surface area contributed by atoms with Gasteiger partial charge < -0.3 is 10.6 Å². The summed E-state index contributed by atoms with van der Waals surface area (Å²) >= 11 is 0. The monoisotopic (exact) mass is 259 g/mol. The fraction of sp³-hybridized carbons (Fsp3) is 0.267. The Bertz CT molecular complexity index is 537. The molecule has 2 N–H and O–H groups in total. The molecule has 0 amide bonds. The van der Waals surface area contributed by atoms with Crippen LogP contribution in [-0.2, 0) is 0 Å². The number of hydrogen-bond acceptors (Lipinski definition) is 3. The summed E-state index contributed by atoms with van der Waals surface area (Å²) in [5, 5.41) is 0. The third kappa shape index (κ3) is 3.09. The average Bonchev–Trinajstić information content (AvgIpc) is 2.40. The van der Waals surface area contributed by atoms with Crippen molar-refractivity contribution in [2.75, 3.05) is 11.4 Å². The quantitative estimate of drug-likeness (QED) is 0.915. The minimum absolute atomic E-state index is 0.0363. The predicted octanol–water partition coefficient (Wildman–Crippen LogP) is 3.40. The van der Waals surface area contributed by atoms with Gasteiger partial charge in [0.15, 0.2) is 0 Å². The minimum Gasteiger partial charge on any atom is -0.327 e. The SMILES string of the molecule is CCN(c1cccc(F)c1)c1ccc([C@H](C)N)cn1. The second kappa shape index (κ2) is 5.80. The van der Waals surface area contributed by atoms with Crippen LogP contribution in [0.5, 0.6) is 0 Å². The Hall–Kier alpha value is -1.94. The first-order valence-electron chi connectivity index (χ1n) is 6.36. The van der Waals surface area contributed by atoms with Crippen LogP contribution in [0, 0.1) is 5.82 Å². The highest BCUT2D eigenvalue weighted by molar-refractivity contribution is 5.59. The molecule has 0 bridgehead atoms. The van der Waals surface area contributed by atoms with Crippen molar-refractivity contribution in [3.8, 4) is 0 Å². The molecular weight excluding hydrogens is 241 g/mol. The van der Waals surface area contributed by atoms with E-state index in [2.05, 4.69) is 4.98 Å².